The molecule has 0 aromatic carbocycles. The molecule has 20 heavy (non-hydrogen) atoms. The topological polar surface area (TPSA) is 24.5 Å². The molecule has 0 amide bonds. The highest BCUT2D eigenvalue weighted by atomic mass is 16.5. The summed E-state index contributed by atoms with van der Waals surface area (Å²) in [6, 6.07) is 0.718. The Kier molecular flexibility index (Phi) is 5.88. The van der Waals surface area contributed by atoms with Crippen molar-refractivity contribution in [1.82, 2.24) is 10.2 Å². The van der Waals surface area contributed by atoms with Gasteiger partial charge in [0.15, 0.2) is 0 Å². The van der Waals surface area contributed by atoms with Gasteiger partial charge in [0.1, 0.15) is 0 Å². The fourth-order valence-corrected chi connectivity index (χ4v) is 3.98. The highest BCUT2D eigenvalue weighted by molar-refractivity contribution is 4.90. The van der Waals surface area contributed by atoms with Crippen LogP contribution in [0.4, 0.5) is 0 Å². The van der Waals surface area contributed by atoms with E-state index in [-0.39, 0.29) is 0 Å². The molecular weight excluding hydrogens is 248 g/mol. The molecule has 0 bridgehead atoms. The van der Waals surface area contributed by atoms with Gasteiger partial charge in [-0.1, -0.05) is 27.7 Å². The van der Waals surface area contributed by atoms with E-state index in [0.29, 0.717) is 11.5 Å². The van der Waals surface area contributed by atoms with Crippen LogP contribution in [0.5, 0.6) is 0 Å². The maximum absolute atomic E-state index is 5.80. The van der Waals surface area contributed by atoms with Crippen LogP contribution in [0.2, 0.25) is 0 Å². The van der Waals surface area contributed by atoms with Gasteiger partial charge in [-0.2, -0.15) is 0 Å². The van der Waals surface area contributed by atoms with E-state index < -0.39 is 0 Å². The molecule has 2 fully saturated rings. The number of nitrogens with one attached hydrogen (secondary N) is 1. The zero-order chi connectivity index (χ0) is 14.6. The zero-order valence-corrected chi connectivity index (χ0v) is 14.0. The molecule has 3 unspecified atom stereocenters. The summed E-state index contributed by atoms with van der Waals surface area (Å²) in [5.74, 6) is 0.800. The molecule has 0 spiro atoms. The Bertz CT molecular complexity index is 293. The maximum Gasteiger partial charge on any atom is 0.0700 e. The lowest BCUT2D eigenvalue weighted by Gasteiger charge is -2.44. The molecular formula is C17H34N2O. The molecule has 2 rings (SSSR count). The van der Waals surface area contributed by atoms with Crippen LogP contribution in [0.1, 0.15) is 53.4 Å². The van der Waals surface area contributed by atoms with Crippen molar-refractivity contribution in [1.29, 1.82) is 0 Å². The molecule has 3 atom stereocenters. The molecule has 1 saturated carbocycles. The van der Waals surface area contributed by atoms with Crippen LogP contribution in [0, 0.1) is 11.3 Å². The third-order valence-corrected chi connectivity index (χ3v) is 5.15. The summed E-state index contributed by atoms with van der Waals surface area (Å²) < 4.78 is 5.80. The summed E-state index contributed by atoms with van der Waals surface area (Å²) in [4.78, 5) is 2.65. The van der Waals surface area contributed by atoms with E-state index in [1.807, 2.05) is 0 Å². The lowest BCUT2D eigenvalue weighted by Crippen LogP contribution is -2.51. The SMILES string of the molecule is CCNC1CCC(C)(C)CC1CN1CCOC(CC)C1. The molecule has 3 heteroatoms. The van der Waals surface area contributed by atoms with Crippen molar-refractivity contribution in [3.63, 3.8) is 0 Å². The van der Waals surface area contributed by atoms with Gasteiger partial charge in [-0.05, 0) is 43.6 Å². The van der Waals surface area contributed by atoms with E-state index in [1.165, 1.54) is 25.8 Å². The first-order valence-electron chi connectivity index (χ1n) is 8.61. The molecule has 1 heterocycles. The van der Waals surface area contributed by atoms with Crippen molar-refractivity contribution in [3.05, 3.63) is 0 Å². The summed E-state index contributed by atoms with van der Waals surface area (Å²) in [6.07, 6.45) is 5.66. The van der Waals surface area contributed by atoms with Crippen LogP contribution in [-0.4, -0.2) is 49.8 Å². The second kappa shape index (κ2) is 7.24. The average Bonchev–Trinajstić information content (AvgIpc) is 2.42. The minimum absolute atomic E-state index is 0.456. The zero-order valence-electron chi connectivity index (χ0n) is 14.0. The van der Waals surface area contributed by atoms with Gasteiger partial charge < -0.3 is 10.1 Å². The largest absolute Gasteiger partial charge is 0.376 e. The van der Waals surface area contributed by atoms with Crippen LogP contribution >= 0.6 is 0 Å². The summed E-state index contributed by atoms with van der Waals surface area (Å²) in [6.45, 7) is 14.9. The Morgan fingerprint density at radius 1 is 1.30 bits per heavy atom. The van der Waals surface area contributed by atoms with E-state index in [1.54, 1.807) is 0 Å². The third kappa shape index (κ3) is 4.44. The molecule has 1 aliphatic carbocycles. The van der Waals surface area contributed by atoms with Crippen LogP contribution in [-0.2, 0) is 4.74 Å². The molecule has 1 N–H and O–H groups in total. The predicted molar refractivity (Wildman–Crippen MR) is 85.1 cm³/mol. The first-order chi connectivity index (χ1) is 9.54. The van der Waals surface area contributed by atoms with Crippen molar-refractivity contribution in [2.75, 3.05) is 32.8 Å². The number of hydrogen-bond acceptors (Lipinski definition) is 3. The van der Waals surface area contributed by atoms with Crippen molar-refractivity contribution < 1.29 is 4.74 Å². The van der Waals surface area contributed by atoms with Crippen LogP contribution in [0.15, 0.2) is 0 Å². The van der Waals surface area contributed by atoms with Crippen molar-refractivity contribution >= 4 is 0 Å². The molecule has 118 valence electrons. The summed E-state index contributed by atoms with van der Waals surface area (Å²) >= 11 is 0. The fourth-order valence-electron chi connectivity index (χ4n) is 3.98. The number of morpholine rings is 1. The first-order valence-corrected chi connectivity index (χ1v) is 8.61. The van der Waals surface area contributed by atoms with Gasteiger partial charge in [-0.3, -0.25) is 4.90 Å². The smallest absolute Gasteiger partial charge is 0.0700 e. The Morgan fingerprint density at radius 2 is 2.10 bits per heavy atom. The summed E-state index contributed by atoms with van der Waals surface area (Å²) in [7, 11) is 0. The minimum atomic E-state index is 0.456. The third-order valence-electron chi connectivity index (χ3n) is 5.15. The van der Waals surface area contributed by atoms with E-state index in [9.17, 15) is 0 Å². The Labute approximate surface area is 125 Å². The Hall–Kier alpha value is -0.120. The number of hydrogen-bond donors (Lipinski definition) is 1. The van der Waals surface area contributed by atoms with E-state index in [2.05, 4.69) is 37.9 Å². The predicted octanol–water partition coefficient (Wildman–Crippen LogP) is 2.90. The Balaban J connectivity index is 1.92. The van der Waals surface area contributed by atoms with Gasteiger partial charge in [-0.15, -0.1) is 0 Å². The van der Waals surface area contributed by atoms with Gasteiger partial charge in [0, 0.05) is 25.7 Å². The number of nitrogens with zero attached hydrogens (tertiary/aromatic N) is 1. The van der Waals surface area contributed by atoms with Gasteiger partial charge in [-0.25, -0.2) is 0 Å². The monoisotopic (exact) mass is 282 g/mol. The standard InChI is InChI=1S/C17H34N2O/c1-5-15-13-19(9-10-20-15)12-14-11-17(3,4)8-7-16(14)18-6-2/h14-16,18H,5-13H2,1-4H3. The maximum atomic E-state index is 5.80. The highest BCUT2D eigenvalue weighted by Crippen LogP contribution is 2.39. The molecule has 3 nitrogen and oxygen atoms in total. The van der Waals surface area contributed by atoms with Gasteiger partial charge in [0.25, 0.3) is 0 Å². The first kappa shape index (κ1) is 16.3. The number of rotatable bonds is 5. The Morgan fingerprint density at radius 3 is 2.80 bits per heavy atom. The molecule has 1 saturated heterocycles. The second-order valence-corrected chi connectivity index (χ2v) is 7.49. The lowest BCUT2D eigenvalue weighted by molar-refractivity contribution is -0.0403. The van der Waals surface area contributed by atoms with Crippen LogP contribution in [0.3, 0.4) is 0 Å². The number of ether oxygens (including phenoxy) is 1. The van der Waals surface area contributed by atoms with E-state index >= 15 is 0 Å². The summed E-state index contributed by atoms with van der Waals surface area (Å²) in [5, 5.41) is 3.73. The van der Waals surface area contributed by atoms with Crippen molar-refractivity contribution in [2.45, 2.75) is 65.5 Å². The van der Waals surface area contributed by atoms with Crippen molar-refractivity contribution in [3.8, 4) is 0 Å². The van der Waals surface area contributed by atoms with Gasteiger partial charge in [0.2, 0.25) is 0 Å². The molecule has 0 radical (unpaired) electrons. The van der Waals surface area contributed by atoms with Gasteiger partial charge >= 0.3 is 0 Å². The molecule has 2 aliphatic rings. The van der Waals surface area contributed by atoms with Crippen LogP contribution in [0.25, 0.3) is 0 Å². The molecule has 0 aromatic heterocycles. The normalized spacial score (nSPS) is 35.1. The van der Waals surface area contributed by atoms with Gasteiger partial charge in [0.05, 0.1) is 12.7 Å². The highest BCUT2D eigenvalue weighted by Gasteiger charge is 2.35. The molecule has 0 aromatic rings. The fraction of sp³-hybridized carbons (Fsp3) is 1.00. The minimum Gasteiger partial charge on any atom is -0.376 e. The quantitative estimate of drug-likeness (QED) is 0.839. The lowest BCUT2D eigenvalue weighted by atomic mass is 9.69. The summed E-state index contributed by atoms with van der Waals surface area (Å²) in [5.41, 5.74) is 0.521. The van der Waals surface area contributed by atoms with Crippen molar-refractivity contribution in [2.24, 2.45) is 11.3 Å². The van der Waals surface area contributed by atoms with E-state index in [0.717, 1.165) is 44.6 Å². The van der Waals surface area contributed by atoms with Crippen LogP contribution < -0.4 is 5.32 Å². The molecule has 1 aliphatic heterocycles. The second-order valence-electron chi connectivity index (χ2n) is 7.49. The van der Waals surface area contributed by atoms with E-state index in [4.69, 9.17) is 4.74 Å². The average molecular weight is 282 g/mol.